The lowest BCUT2D eigenvalue weighted by Gasteiger charge is -2.26. The molecule has 28 heavy (non-hydrogen) atoms. The van der Waals surface area contributed by atoms with E-state index in [1.54, 1.807) is 18.2 Å². The van der Waals surface area contributed by atoms with Crippen molar-refractivity contribution in [3.63, 3.8) is 0 Å². The predicted molar refractivity (Wildman–Crippen MR) is 115 cm³/mol. The van der Waals surface area contributed by atoms with Gasteiger partial charge in [-0.05, 0) is 43.7 Å². The molecule has 0 atom stereocenters. The molecule has 2 aromatic carbocycles. The van der Waals surface area contributed by atoms with Crippen LogP contribution in [-0.4, -0.2) is 23.0 Å². The minimum atomic E-state index is -1.09. The zero-order valence-electron chi connectivity index (χ0n) is 15.1. The molecular weight excluding hydrogens is 417 g/mol. The smallest absolute Gasteiger partial charge is 0.338 e. The van der Waals surface area contributed by atoms with Crippen LogP contribution in [0.5, 0.6) is 0 Å². The number of anilines is 1. The summed E-state index contributed by atoms with van der Waals surface area (Å²) in [6.45, 7) is 3.66. The van der Waals surface area contributed by atoms with E-state index in [0.717, 1.165) is 10.4 Å². The Kier molecular flexibility index (Phi) is 6.08. The van der Waals surface area contributed by atoms with Gasteiger partial charge in [0.15, 0.2) is 0 Å². The number of halogens is 2. The zero-order valence-corrected chi connectivity index (χ0v) is 17.5. The van der Waals surface area contributed by atoms with E-state index in [2.05, 4.69) is 0 Å². The lowest BCUT2D eigenvalue weighted by atomic mass is 10.1. The number of carbonyl (C=O) groups excluding carboxylic acids is 1. The van der Waals surface area contributed by atoms with Gasteiger partial charge in [0.05, 0.1) is 16.1 Å². The largest absolute Gasteiger partial charge is 0.478 e. The van der Waals surface area contributed by atoms with E-state index in [9.17, 15) is 14.7 Å². The van der Waals surface area contributed by atoms with Crippen LogP contribution in [0.1, 0.15) is 34.6 Å². The van der Waals surface area contributed by atoms with E-state index in [0.29, 0.717) is 10.0 Å². The second kappa shape index (κ2) is 8.35. The normalized spacial score (nSPS) is 10.9. The SMILES string of the molecule is CC(C)N(C(=O)c1ccc(Cl)cc1Cl)c1sc(-c2ccccc2)cc1C(=O)O. The first-order chi connectivity index (χ1) is 13.3. The summed E-state index contributed by atoms with van der Waals surface area (Å²) in [4.78, 5) is 27.4. The van der Waals surface area contributed by atoms with Crippen LogP contribution in [0, 0.1) is 0 Å². The number of nitrogens with zero attached hydrogens (tertiary/aromatic N) is 1. The maximum Gasteiger partial charge on any atom is 0.338 e. The average Bonchev–Trinajstić information content (AvgIpc) is 3.07. The maximum atomic E-state index is 13.3. The number of thiophene rings is 1. The summed E-state index contributed by atoms with van der Waals surface area (Å²) in [5, 5.41) is 10.7. The molecule has 0 aliphatic heterocycles. The number of carbonyl (C=O) groups is 2. The van der Waals surface area contributed by atoms with Gasteiger partial charge < -0.3 is 5.11 Å². The van der Waals surface area contributed by atoms with Crippen LogP contribution in [0.2, 0.25) is 10.0 Å². The summed E-state index contributed by atoms with van der Waals surface area (Å²) < 4.78 is 0. The lowest BCUT2D eigenvalue weighted by molar-refractivity contribution is 0.0698. The highest BCUT2D eigenvalue weighted by Gasteiger charge is 2.29. The Bertz CT molecular complexity index is 1030. The molecule has 7 heteroatoms. The highest BCUT2D eigenvalue weighted by Crippen LogP contribution is 2.39. The molecule has 0 saturated carbocycles. The van der Waals surface area contributed by atoms with E-state index in [-0.39, 0.29) is 28.1 Å². The van der Waals surface area contributed by atoms with Crippen molar-refractivity contribution in [2.75, 3.05) is 4.90 Å². The summed E-state index contributed by atoms with van der Waals surface area (Å²) in [7, 11) is 0. The van der Waals surface area contributed by atoms with Gasteiger partial charge in [0.25, 0.3) is 5.91 Å². The van der Waals surface area contributed by atoms with Crippen LogP contribution in [0.3, 0.4) is 0 Å². The summed E-state index contributed by atoms with van der Waals surface area (Å²) in [5.74, 6) is -1.46. The Hall–Kier alpha value is -2.34. The number of benzene rings is 2. The number of carboxylic acids is 1. The zero-order chi connectivity index (χ0) is 20.4. The van der Waals surface area contributed by atoms with Crippen LogP contribution in [0.4, 0.5) is 5.00 Å². The average molecular weight is 434 g/mol. The summed E-state index contributed by atoms with van der Waals surface area (Å²) >= 11 is 13.4. The first kappa shape index (κ1) is 20.4. The van der Waals surface area contributed by atoms with Crippen molar-refractivity contribution in [3.8, 4) is 10.4 Å². The van der Waals surface area contributed by atoms with Gasteiger partial charge >= 0.3 is 5.97 Å². The third kappa shape index (κ3) is 4.07. The van der Waals surface area contributed by atoms with E-state index >= 15 is 0 Å². The Balaban J connectivity index is 2.13. The molecule has 144 valence electrons. The number of hydrogen-bond acceptors (Lipinski definition) is 3. The number of carboxylic acid groups (broad SMARTS) is 1. The van der Waals surface area contributed by atoms with Crippen molar-refractivity contribution in [2.24, 2.45) is 0 Å². The van der Waals surface area contributed by atoms with Crippen molar-refractivity contribution in [1.82, 2.24) is 0 Å². The van der Waals surface area contributed by atoms with Gasteiger partial charge in [-0.25, -0.2) is 4.79 Å². The molecule has 3 aromatic rings. The minimum absolute atomic E-state index is 0.0796. The summed E-state index contributed by atoms with van der Waals surface area (Å²) in [6, 6.07) is 15.4. The van der Waals surface area contributed by atoms with Crippen molar-refractivity contribution >= 4 is 51.4 Å². The minimum Gasteiger partial charge on any atom is -0.478 e. The van der Waals surface area contributed by atoms with E-state index in [1.807, 2.05) is 44.2 Å². The Morgan fingerprint density at radius 1 is 1.00 bits per heavy atom. The van der Waals surface area contributed by atoms with Gasteiger partial charge in [0.1, 0.15) is 5.00 Å². The molecule has 0 saturated heterocycles. The van der Waals surface area contributed by atoms with Gasteiger partial charge in [0.2, 0.25) is 0 Å². The van der Waals surface area contributed by atoms with Crippen LogP contribution >= 0.6 is 34.5 Å². The molecular formula is C21H17Cl2NO3S. The van der Waals surface area contributed by atoms with Crippen LogP contribution < -0.4 is 4.90 Å². The number of aromatic carboxylic acids is 1. The third-order valence-corrected chi connectivity index (χ3v) is 5.85. The molecule has 3 rings (SSSR count). The molecule has 0 unspecified atom stereocenters. The molecule has 0 radical (unpaired) electrons. The molecule has 1 amide bonds. The summed E-state index contributed by atoms with van der Waals surface area (Å²) in [6.07, 6.45) is 0. The van der Waals surface area contributed by atoms with E-state index < -0.39 is 5.97 Å². The van der Waals surface area contributed by atoms with Gasteiger partial charge in [-0.3, -0.25) is 9.69 Å². The molecule has 1 N–H and O–H groups in total. The lowest BCUT2D eigenvalue weighted by Crippen LogP contribution is -2.37. The fourth-order valence-corrected chi connectivity index (χ4v) is 4.59. The van der Waals surface area contributed by atoms with Gasteiger partial charge in [-0.1, -0.05) is 53.5 Å². The van der Waals surface area contributed by atoms with Gasteiger partial charge in [-0.15, -0.1) is 11.3 Å². The quantitative estimate of drug-likeness (QED) is 0.500. The molecule has 1 heterocycles. The molecule has 4 nitrogen and oxygen atoms in total. The molecule has 0 aliphatic carbocycles. The fourth-order valence-electron chi connectivity index (χ4n) is 2.81. The van der Waals surface area contributed by atoms with Crippen molar-refractivity contribution in [2.45, 2.75) is 19.9 Å². The number of amides is 1. The van der Waals surface area contributed by atoms with E-state index in [1.165, 1.54) is 22.3 Å². The first-order valence-electron chi connectivity index (χ1n) is 8.50. The highest BCUT2D eigenvalue weighted by molar-refractivity contribution is 7.20. The molecule has 1 aromatic heterocycles. The van der Waals surface area contributed by atoms with Crippen LogP contribution in [0.15, 0.2) is 54.6 Å². The van der Waals surface area contributed by atoms with Crippen molar-refractivity contribution in [1.29, 1.82) is 0 Å². The molecule has 0 aliphatic rings. The Labute approximate surface area is 176 Å². The van der Waals surface area contributed by atoms with Crippen LogP contribution in [-0.2, 0) is 0 Å². The van der Waals surface area contributed by atoms with Crippen molar-refractivity contribution < 1.29 is 14.7 Å². The fraction of sp³-hybridized carbons (Fsp3) is 0.143. The first-order valence-corrected chi connectivity index (χ1v) is 10.1. The topological polar surface area (TPSA) is 57.6 Å². The van der Waals surface area contributed by atoms with E-state index in [4.69, 9.17) is 23.2 Å². The highest BCUT2D eigenvalue weighted by atomic mass is 35.5. The standard InChI is InChI=1S/C21H17Cl2NO3S/c1-12(2)24(19(25)15-9-8-14(22)10-17(15)23)20-16(21(26)27)11-18(28-20)13-6-4-3-5-7-13/h3-12H,1-2H3,(H,26,27). The molecule has 0 fully saturated rings. The molecule has 0 spiro atoms. The van der Waals surface area contributed by atoms with Gasteiger partial charge in [0, 0.05) is 15.9 Å². The third-order valence-electron chi connectivity index (χ3n) is 4.12. The van der Waals surface area contributed by atoms with Crippen molar-refractivity contribution in [3.05, 3.63) is 75.8 Å². The van der Waals surface area contributed by atoms with Crippen LogP contribution in [0.25, 0.3) is 10.4 Å². The maximum absolute atomic E-state index is 13.3. The monoisotopic (exact) mass is 433 g/mol. The second-order valence-corrected chi connectivity index (χ2v) is 8.27. The number of rotatable bonds is 5. The Morgan fingerprint density at radius 2 is 1.68 bits per heavy atom. The predicted octanol–water partition coefficient (Wildman–Crippen LogP) is 6.48. The van der Waals surface area contributed by atoms with Gasteiger partial charge in [-0.2, -0.15) is 0 Å². The second-order valence-electron chi connectivity index (χ2n) is 6.39. The number of hydrogen-bond donors (Lipinski definition) is 1. The Morgan fingerprint density at radius 3 is 2.25 bits per heavy atom. The summed E-state index contributed by atoms with van der Waals surface area (Å²) in [5.41, 5.74) is 1.24. The molecule has 0 bridgehead atoms.